The highest BCUT2D eigenvalue weighted by Crippen LogP contribution is 2.20. The van der Waals surface area contributed by atoms with Gasteiger partial charge >= 0.3 is 0 Å². The molecule has 1 aromatic heterocycles. The Bertz CT molecular complexity index is 527. The van der Waals surface area contributed by atoms with E-state index < -0.39 is 0 Å². The van der Waals surface area contributed by atoms with E-state index in [4.69, 9.17) is 5.73 Å². The van der Waals surface area contributed by atoms with E-state index in [1.165, 1.54) is 11.8 Å². The van der Waals surface area contributed by atoms with Gasteiger partial charge in [0.2, 0.25) is 11.1 Å². The van der Waals surface area contributed by atoms with Gasteiger partial charge in [-0.25, -0.2) is 0 Å². The van der Waals surface area contributed by atoms with Crippen LogP contribution in [-0.4, -0.2) is 31.9 Å². The van der Waals surface area contributed by atoms with Crippen molar-refractivity contribution in [2.75, 3.05) is 5.75 Å². The number of carbonyl (C=O) groups is 1. The van der Waals surface area contributed by atoms with Gasteiger partial charge in [0.15, 0.2) is 0 Å². The highest BCUT2D eigenvalue weighted by atomic mass is 32.2. The lowest BCUT2D eigenvalue weighted by molar-refractivity contribution is -0.120. The summed E-state index contributed by atoms with van der Waals surface area (Å²) in [6.45, 7) is 1.78. The first-order chi connectivity index (χ1) is 8.68. The predicted molar refractivity (Wildman–Crippen MR) is 68.2 cm³/mol. The van der Waals surface area contributed by atoms with E-state index in [9.17, 15) is 4.79 Å². The summed E-state index contributed by atoms with van der Waals surface area (Å²) in [5, 5.41) is 12.2. The highest BCUT2D eigenvalue weighted by molar-refractivity contribution is 7.99. The number of tetrazole rings is 1. The zero-order valence-corrected chi connectivity index (χ0v) is 10.7. The zero-order chi connectivity index (χ0) is 13.0. The third kappa shape index (κ3) is 2.86. The molecule has 2 N–H and O–H groups in total. The molecule has 18 heavy (non-hydrogen) atoms. The van der Waals surface area contributed by atoms with Crippen molar-refractivity contribution in [2.24, 2.45) is 11.7 Å². The van der Waals surface area contributed by atoms with Gasteiger partial charge in [0, 0.05) is 11.7 Å². The largest absolute Gasteiger partial charge is 0.369 e. The Hall–Kier alpha value is -1.89. The molecule has 0 fully saturated rings. The smallest absolute Gasteiger partial charge is 0.221 e. The molecule has 0 saturated heterocycles. The molecule has 1 aromatic carbocycles. The van der Waals surface area contributed by atoms with Gasteiger partial charge in [-0.15, -0.1) is 5.10 Å². The van der Waals surface area contributed by atoms with Crippen LogP contribution in [0.3, 0.4) is 0 Å². The minimum atomic E-state index is -0.318. The summed E-state index contributed by atoms with van der Waals surface area (Å²) in [7, 11) is 0. The first-order valence-electron chi connectivity index (χ1n) is 5.44. The molecular weight excluding hydrogens is 250 g/mol. The van der Waals surface area contributed by atoms with Gasteiger partial charge in [-0.3, -0.25) is 4.79 Å². The van der Waals surface area contributed by atoms with Gasteiger partial charge in [-0.05, 0) is 22.6 Å². The number of para-hydroxylation sites is 1. The van der Waals surface area contributed by atoms with Crippen LogP contribution in [0.2, 0.25) is 0 Å². The second-order valence-electron chi connectivity index (χ2n) is 3.82. The summed E-state index contributed by atoms with van der Waals surface area (Å²) in [6, 6.07) is 9.58. The van der Waals surface area contributed by atoms with Crippen LogP contribution in [0.1, 0.15) is 6.92 Å². The molecule has 0 aliphatic rings. The number of rotatable bonds is 5. The van der Waals surface area contributed by atoms with E-state index in [-0.39, 0.29) is 11.8 Å². The molecule has 2 rings (SSSR count). The van der Waals surface area contributed by atoms with Crippen molar-refractivity contribution in [3.05, 3.63) is 30.3 Å². The van der Waals surface area contributed by atoms with Crippen LogP contribution in [0.4, 0.5) is 0 Å². The topological polar surface area (TPSA) is 86.7 Å². The van der Waals surface area contributed by atoms with Gasteiger partial charge < -0.3 is 5.73 Å². The number of amides is 1. The Morgan fingerprint density at radius 1 is 1.44 bits per heavy atom. The summed E-state index contributed by atoms with van der Waals surface area (Å²) in [5.41, 5.74) is 6.10. The summed E-state index contributed by atoms with van der Waals surface area (Å²) >= 11 is 1.41. The molecule has 1 unspecified atom stereocenters. The molecule has 6 nitrogen and oxygen atoms in total. The van der Waals surface area contributed by atoms with Gasteiger partial charge in [0.25, 0.3) is 0 Å². The quantitative estimate of drug-likeness (QED) is 0.809. The Morgan fingerprint density at radius 2 is 2.17 bits per heavy atom. The van der Waals surface area contributed by atoms with E-state index in [0.29, 0.717) is 10.9 Å². The van der Waals surface area contributed by atoms with Crippen LogP contribution in [-0.2, 0) is 4.79 Å². The molecule has 94 valence electrons. The van der Waals surface area contributed by atoms with E-state index in [1.54, 1.807) is 11.6 Å². The average molecular weight is 263 g/mol. The van der Waals surface area contributed by atoms with Crippen LogP contribution in [0.15, 0.2) is 35.5 Å². The Labute approximate surface area is 109 Å². The molecule has 0 aliphatic heterocycles. The number of nitrogens with zero attached hydrogens (tertiary/aromatic N) is 4. The first kappa shape index (κ1) is 12.6. The Morgan fingerprint density at radius 3 is 2.83 bits per heavy atom. The second-order valence-corrected chi connectivity index (χ2v) is 4.81. The number of hydrogen-bond donors (Lipinski definition) is 1. The lowest BCUT2D eigenvalue weighted by atomic mass is 10.2. The van der Waals surface area contributed by atoms with Crippen LogP contribution in [0.5, 0.6) is 0 Å². The minimum absolute atomic E-state index is 0.212. The average Bonchev–Trinajstić information content (AvgIpc) is 2.85. The first-order valence-corrected chi connectivity index (χ1v) is 6.43. The number of carbonyl (C=O) groups excluding carboxylic acids is 1. The summed E-state index contributed by atoms with van der Waals surface area (Å²) in [5.74, 6) is 0.0277. The standard InChI is InChI=1S/C11H13N5OS/c1-8(10(12)17)7-18-11-13-14-15-16(11)9-5-3-2-4-6-9/h2-6,8H,7H2,1H3,(H2,12,17). The van der Waals surface area contributed by atoms with E-state index in [2.05, 4.69) is 15.5 Å². The van der Waals surface area contributed by atoms with Crippen molar-refractivity contribution in [1.29, 1.82) is 0 Å². The summed E-state index contributed by atoms with van der Waals surface area (Å²) in [6.07, 6.45) is 0. The van der Waals surface area contributed by atoms with Crippen molar-refractivity contribution < 1.29 is 4.79 Å². The van der Waals surface area contributed by atoms with E-state index in [0.717, 1.165) is 5.69 Å². The molecule has 7 heteroatoms. The normalized spacial score (nSPS) is 12.3. The molecule has 0 aliphatic carbocycles. The molecule has 0 bridgehead atoms. The van der Waals surface area contributed by atoms with Gasteiger partial charge in [0.1, 0.15) is 0 Å². The fourth-order valence-corrected chi connectivity index (χ4v) is 2.20. The Kier molecular flexibility index (Phi) is 3.93. The van der Waals surface area contributed by atoms with Gasteiger partial charge in [-0.1, -0.05) is 36.9 Å². The molecular formula is C11H13N5OS. The van der Waals surface area contributed by atoms with Crippen LogP contribution in [0.25, 0.3) is 5.69 Å². The molecule has 1 amide bonds. The number of benzene rings is 1. The third-order valence-corrected chi connectivity index (χ3v) is 3.57. The fourth-order valence-electron chi connectivity index (χ4n) is 1.28. The van der Waals surface area contributed by atoms with Crippen molar-refractivity contribution in [1.82, 2.24) is 20.2 Å². The van der Waals surface area contributed by atoms with Crippen LogP contribution < -0.4 is 5.73 Å². The number of primary amides is 1. The molecule has 0 spiro atoms. The van der Waals surface area contributed by atoms with Crippen LogP contribution >= 0.6 is 11.8 Å². The molecule has 1 atom stereocenters. The maximum absolute atomic E-state index is 11.0. The third-order valence-electron chi connectivity index (χ3n) is 2.39. The fraction of sp³-hybridized carbons (Fsp3) is 0.273. The lowest BCUT2D eigenvalue weighted by Gasteiger charge is -2.06. The van der Waals surface area contributed by atoms with Crippen molar-refractivity contribution in [3.8, 4) is 5.69 Å². The van der Waals surface area contributed by atoms with Crippen LogP contribution in [0, 0.1) is 5.92 Å². The maximum atomic E-state index is 11.0. The molecule has 1 heterocycles. The zero-order valence-electron chi connectivity index (χ0n) is 9.85. The maximum Gasteiger partial charge on any atom is 0.221 e. The SMILES string of the molecule is CC(CSc1nnnn1-c1ccccc1)C(N)=O. The number of aromatic nitrogens is 4. The number of hydrogen-bond acceptors (Lipinski definition) is 5. The van der Waals surface area contributed by atoms with E-state index in [1.807, 2.05) is 30.3 Å². The lowest BCUT2D eigenvalue weighted by Crippen LogP contribution is -2.22. The summed E-state index contributed by atoms with van der Waals surface area (Å²) < 4.78 is 1.64. The number of nitrogens with two attached hydrogens (primary N) is 1. The molecule has 0 radical (unpaired) electrons. The van der Waals surface area contributed by atoms with Gasteiger partial charge in [-0.2, -0.15) is 4.68 Å². The van der Waals surface area contributed by atoms with Crippen molar-refractivity contribution in [3.63, 3.8) is 0 Å². The van der Waals surface area contributed by atoms with Crippen molar-refractivity contribution in [2.45, 2.75) is 12.1 Å². The molecule has 0 saturated carbocycles. The predicted octanol–water partition coefficient (Wildman–Crippen LogP) is 0.876. The number of thioether (sulfide) groups is 1. The minimum Gasteiger partial charge on any atom is -0.369 e. The Balaban J connectivity index is 2.12. The monoisotopic (exact) mass is 263 g/mol. The second kappa shape index (κ2) is 5.63. The highest BCUT2D eigenvalue weighted by Gasteiger charge is 2.13. The molecule has 2 aromatic rings. The summed E-state index contributed by atoms with van der Waals surface area (Å²) in [4.78, 5) is 11.0. The van der Waals surface area contributed by atoms with E-state index >= 15 is 0 Å². The van der Waals surface area contributed by atoms with Crippen molar-refractivity contribution >= 4 is 17.7 Å². The van der Waals surface area contributed by atoms with Gasteiger partial charge in [0.05, 0.1) is 5.69 Å².